The molecule has 4 heteroatoms. The highest BCUT2D eigenvalue weighted by Crippen LogP contribution is 2.29. The van der Waals surface area contributed by atoms with Gasteiger partial charge in [0.15, 0.2) is 0 Å². The Morgan fingerprint density at radius 1 is 1.00 bits per heavy atom. The van der Waals surface area contributed by atoms with Crippen LogP contribution in [0.1, 0.15) is 4.88 Å². The minimum Gasteiger partial charge on any atom is -0.379 e. The number of halogens is 2. The summed E-state index contributed by atoms with van der Waals surface area (Å²) in [7, 11) is 0. The fourth-order valence-corrected chi connectivity index (χ4v) is 3.73. The van der Waals surface area contributed by atoms with Crippen molar-refractivity contribution >= 4 is 44.6 Å². The number of rotatable bonds is 4. The summed E-state index contributed by atoms with van der Waals surface area (Å²) in [5.74, 6) is 0. The molecule has 0 radical (unpaired) electrons. The third kappa shape index (κ3) is 3.67. The average molecular weight is 379 g/mol. The minimum atomic E-state index is 0.731. The molecule has 0 amide bonds. The zero-order valence-corrected chi connectivity index (χ0v) is 14.3. The van der Waals surface area contributed by atoms with Crippen molar-refractivity contribution in [1.29, 1.82) is 0 Å². The van der Waals surface area contributed by atoms with E-state index in [0.717, 1.165) is 21.7 Å². The molecule has 0 aliphatic rings. The minimum absolute atomic E-state index is 0.731. The van der Waals surface area contributed by atoms with E-state index in [0.29, 0.717) is 0 Å². The second-order valence-electron chi connectivity index (χ2n) is 4.65. The highest BCUT2D eigenvalue weighted by atomic mass is 79.9. The van der Waals surface area contributed by atoms with Gasteiger partial charge in [-0.3, -0.25) is 0 Å². The molecule has 21 heavy (non-hydrogen) atoms. The first-order valence-corrected chi connectivity index (χ1v) is 8.59. The molecule has 1 aromatic heterocycles. The third-order valence-electron chi connectivity index (χ3n) is 3.15. The molecule has 0 bridgehead atoms. The van der Waals surface area contributed by atoms with E-state index in [-0.39, 0.29) is 0 Å². The van der Waals surface area contributed by atoms with E-state index in [1.807, 2.05) is 24.3 Å². The van der Waals surface area contributed by atoms with E-state index in [4.69, 9.17) is 11.6 Å². The van der Waals surface area contributed by atoms with E-state index in [9.17, 15) is 0 Å². The number of anilines is 1. The van der Waals surface area contributed by atoms with Crippen LogP contribution in [0.3, 0.4) is 0 Å². The monoisotopic (exact) mass is 377 g/mol. The van der Waals surface area contributed by atoms with Crippen molar-refractivity contribution in [1.82, 2.24) is 0 Å². The van der Waals surface area contributed by atoms with Gasteiger partial charge in [0.1, 0.15) is 0 Å². The first-order chi connectivity index (χ1) is 10.2. The summed E-state index contributed by atoms with van der Waals surface area (Å²) in [6.45, 7) is 0.803. The van der Waals surface area contributed by atoms with Crippen LogP contribution in [0.4, 0.5) is 5.69 Å². The Kier molecular flexibility index (Phi) is 4.63. The van der Waals surface area contributed by atoms with Gasteiger partial charge in [-0.25, -0.2) is 0 Å². The lowest BCUT2D eigenvalue weighted by Crippen LogP contribution is -1.97. The van der Waals surface area contributed by atoms with Gasteiger partial charge in [0.2, 0.25) is 0 Å². The van der Waals surface area contributed by atoms with Gasteiger partial charge in [-0.05, 0) is 56.7 Å². The molecule has 1 nitrogen and oxygen atoms in total. The lowest BCUT2D eigenvalue weighted by molar-refractivity contribution is 1.19. The van der Waals surface area contributed by atoms with Crippen molar-refractivity contribution in [3.8, 4) is 11.1 Å². The van der Waals surface area contributed by atoms with Gasteiger partial charge in [0.25, 0.3) is 0 Å². The second kappa shape index (κ2) is 6.65. The molecule has 0 spiro atoms. The SMILES string of the molecule is Clc1ccc(NCc2cc(-c3ccccc3)cs2)c(Br)c1. The fourth-order valence-electron chi connectivity index (χ4n) is 2.07. The first-order valence-electron chi connectivity index (χ1n) is 6.54. The van der Waals surface area contributed by atoms with Crippen molar-refractivity contribution in [2.24, 2.45) is 0 Å². The van der Waals surface area contributed by atoms with Crippen LogP contribution in [-0.2, 0) is 6.54 Å². The summed E-state index contributed by atoms with van der Waals surface area (Å²) < 4.78 is 0.981. The zero-order valence-electron chi connectivity index (χ0n) is 11.1. The van der Waals surface area contributed by atoms with Crippen molar-refractivity contribution in [3.63, 3.8) is 0 Å². The Labute approximate surface area is 141 Å². The van der Waals surface area contributed by atoms with E-state index < -0.39 is 0 Å². The largest absolute Gasteiger partial charge is 0.379 e. The molecule has 2 aromatic carbocycles. The van der Waals surface area contributed by atoms with Crippen LogP contribution in [0.25, 0.3) is 11.1 Å². The van der Waals surface area contributed by atoms with Crippen molar-refractivity contribution < 1.29 is 0 Å². The van der Waals surface area contributed by atoms with E-state index >= 15 is 0 Å². The molecule has 0 aliphatic carbocycles. The van der Waals surface area contributed by atoms with Gasteiger partial charge in [-0.1, -0.05) is 41.9 Å². The van der Waals surface area contributed by atoms with E-state index in [1.165, 1.54) is 16.0 Å². The molecule has 0 unspecified atom stereocenters. The van der Waals surface area contributed by atoms with Crippen LogP contribution >= 0.6 is 38.9 Å². The predicted molar refractivity (Wildman–Crippen MR) is 96.2 cm³/mol. The van der Waals surface area contributed by atoms with Gasteiger partial charge in [-0.15, -0.1) is 11.3 Å². The zero-order chi connectivity index (χ0) is 14.7. The van der Waals surface area contributed by atoms with Crippen LogP contribution in [0, 0.1) is 0 Å². The maximum Gasteiger partial charge on any atom is 0.0494 e. The van der Waals surface area contributed by atoms with Crippen molar-refractivity contribution in [2.75, 3.05) is 5.32 Å². The summed E-state index contributed by atoms with van der Waals surface area (Å²) in [6.07, 6.45) is 0. The molecule has 3 aromatic rings. The normalized spacial score (nSPS) is 10.6. The van der Waals surface area contributed by atoms with Crippen LogP contribution in [-0.4, -0.2) is 0 Å². The molecular formula is C17H13BrClNS. The lowest BCUT2D eigenvalue weighted by Gasteiger charge is -2.07. The fraction of sp³-hybridized carbons (Fsp3) is 0.0588. The first kappa shape index (κ1) is 14.6. The molecule has 3 rings (SSSR count). The van der Waals surface area contributed by atoms with E-state index in [2.05, 4.69) is 57.0 Å². The number of thiophene rings is 1. The Hall–Kier alpha value is -1.29. The van der Waals surface area contributed by atoms with Crippen LogP contribution in [0.5, 0.6) is 0 Å². The van der Waals surface area contributed by atoms with Gasteiger partial charge in [0, 0.05) is 26.6 Å². The molecule has 0 saturated carbocycles. The smallest absolute Gasteiger partial charge is 0.0494 e. The third-order valence-corrected chi connectivity index (χ3v) is 4.97. The Bertz CT molecular complexity index is 740. The van der Waals surface area contributed by atoms with Crippen molar-refractivity contribution in [3.05, 3.63) is 74.3 Å². The topological polar surface area (TPSA) is 12.0 Å². The maximum absolute atomic E-state index is 5.95. The van der Waals surface area contributed by atoms with Gasteiger partial charge in [0.05, 0.1) is 0 Å². The number of hydrogen-bond acceptors (Lipinski definition) is 2. The van der Waals surface area contributed by atoms with Crippen molar-refractivity contribution in [2.45, 2.75) is 6.54 Å². The summed E-state index contributed by atoms with van der Waals surface area (Å²) in [5, 5.41) is 6.36. The molecule has 0 fully saturated rings. The quantitative estimate of drug-likeness (QED) is 0.550. The van der Waals surface area contributed by atoms with Crippen LogP contribution in [0.2, 0.25) is 5.02 Å². The molecule has 0 saturated heterocycles. The molecule has 1 N–H and O–H groups in total. The highest BCUT2D eigenvalue weighted by molar-refractivity contribution is 9.10. The summed E-state index contributed by atoms with van der Waals surface area (Å²) in [4.78, 5) is 1.30. The lowest BCUT2D eigenvalue weighted by atomic mass is 10.1. The Morgan fingerprint density at radius 2 is 1.81 bits per heavy atom. The summed E-state index contributed by atoms with van der Waals surface area (Å²) >= 11 is 11.2. The Morgan fingerprint density at radius 3 is 2.57 bits per heavy atom. The van der Waals surface area contributed by atoms with Crippen LogP contribution < -0.4 is 5.32 Å². The number of hydrogen-bond donors (Lipinski definition) is 1. The maximum atomic E-state index is 5.95. The molecule has 106 valence electrons. The number of nitrogens with one attached hydrogen (secondary N) is 1. The highest BCUT2D eigenvalue weighted by Gasteiger charge is 2.04. The predicted octanol–water partition coefficient (Wildman–Crippen LogP) is 6.44. The van der Waals surface area contributed by atoms with Gasteiger partial charge < -0.3 is 5.32 Å². The molecular weight excluding hydrogens is 366 g/mol. The standard InChI is InChI=1S/C17H13BrClNS/c18-16-9-14(19)6-7-17(16)20-10-15-8-13(11-21-15)12-4-2-1-3-5-12/h1-9,11,20H,10H2. The Balaban J connectivity index is 1.70. The molecule has 0 aliphatic heterocycles. The van der Waals surface area contributed by atoms with Gasteiger partial charge >= 0.3 is 0 Å². The average Bonchev–Trinajstić information content (AvgIpc) is 2.96. The summed E-state index contributed by atoms with van der Waals surface area (Å²) in [5.41, 5.74) is 3.58. The second-order valence-corrected chi connectivity index (χ2v) is 6.93. The summed E-state index contributed by atoms with van der Waals surface area (Å²) in [6, 6.07) is 18.4. The number of benzene rings is 2. The van der Waals surface area contributed by atoms with Crippen LogP contribution in [0.15, 0.2) is 64.5 Å². The molecule has 1 heterocycles. The van der Waals surface area contributed by atoms with Gasteiger partial charge in [-0.2, -0.15) is 0 Å². The molecule has 0 atom stereocenters. The van der Waals surface area contributed by atoms with E-state index in [1.54, 1.807) is 11.3 Å².